The molecule has 0 bridgehead atoms. The molecule has 0 spiro atoms. The molecular formula is C29H28F3NO4. The fraction of sp³-hybridized carbons (Fsp3) is 0.310. The molecule has 0 saturated carbocycles. The highest BCUT2D eigenvalue weighted by atomic mass is 19.4. The normalized spacial score (nSPS) is 20.0. The molecule has 5 nitrogen and oxygen atoms in total. The highest BCUT2D eigenvalue weighted by Crippen LogP contribution is 2.47. The fourth-order valence-electron chi connectivity index (χ4n) is 5.05. The van der Waals surface area contributed by atoms with Crippen molar-refractivity contribution in [2.75, 3.05) is 26.2 Å². The van der Waals surface area contributed by atoms with E-state index in [1.807, 2.05) is 37.3 Å². The molecule has 1 saturated heterocycles. The van der Waals surface area contributed by atoms with Crippen LogP contribution >= 0.6 is 0 Å². The van der Waals surface area contributed by atoms with Gasteiger partial charge in [0.2, 0.25) is 0 Å². The van der Waals surface area contributed by atoms with Gasteiger partial charge in [-0.05, 0) is 79.1 Å². The summed E-state index contributed by atoms with van der Waals surface area (Å²) < 4.78 is 50.9. The lowest BCUT2D eigenvalue weighted by Crippen LogP contribution is -2.30. The van der Waals surface area contributed by atoms with Crippen molar-refractivity contribution in [2.24, 2.45) is 5.92 Å². The van der Waals surface area contributed by atoms with Gasteiger partial charge in [-0.3, -0.25) is 4.90 Å². The van der Waals surface area contributed by atoms with Crippen LogP contribution in [-0.2, 0) is 0 Å². The quantitative estimate of drug-likeness (QED) is 0.400. The number of hydrogen-bond acceptors (Lipinski definition) is 5. The molecule has 0 aliphatic carbocycles. The highest BCUT2D eigenvalue weighted by Gasteiger charge is 2.43. The Morgan fingerprint density at radius 2 is 1.76 bits per heavy atom. The van der Waals surface area contributed by atoms with Crippen molar-refractivity contribution >= 4 is 11.1 Å². The SMILES string of the molecule is CC1=C(c2cccc(O)c2)C(c2ccc(OCCN3CCC(C(F)(F)F)C3)cc2)Oc2ccc(O)cc21. The lowest BCUT2D eigenvalue weighted by Gasteiger charge is -2.31. The van der Waals surface area contributed by atoms with Crippen LogP contribution in [0, 0.1) is 5.92 Å². The van der Waals surface area contributed by atoms with Crippen LogP contribution in [-0.4, -0.2) is 47.5 Å². The third-order valence-corrected chi connectivity index (χ3v) is 7.03. The van der Waals surface area contributed by atoms with Crippen molar-refractivity contribution in [2.45, 2.75) is 25.6 Å². The van der Waals surface area contributed by atoms with Crippen molar-refractivity contribution in [1.29, 1.82) is 0 Å². The zero-order valence-electron chi connectivity index (χ0n) is 20.3. The van der Waals surface area contributed by atoms with Crippen LogP contribution in [0.25, 0.3) is 11.1 Å². The maximum absolute atomic E-state index is 12.9. The summed E-state index contributed by atoms with van der Waals surface area (Å²) in [6.07, 6.45) is -4.47. The van der Waals surface area contributed by atoms with Gasteiger partial charge in [0.1, 0.15) is 35.7 Å². The number of rotatable bonds is 6. The van der Waals surface area contributed by atoms with Crippen molar-refractivity contribution in [1.82, 2.24) is 4.90 Å². The van der Waals surface area contributed by atoms with Gasteiger partial charge in [-0.15, -0.1) is 0 Å². The molecule has 2 unspecified atom stereocenters. The number of fused-ring (bicyclic) bond motifs is 1. The minimum atomic E-state index is -4.14. The number of ether oxygens (including phenoxy) is 2. The van der Waals surface area contributed by atoms with E-state index in [0.29, 0.717) is 31.2 Å². The Morgan fingerprint density at radius 1 is 1.00 bits per heavy atom. The second-order valence-corrected chi connectivity index (χ2v) is 9.51. The lowest BCUT2D eigenvalue weighted by molar-refractivity contribution is -0.170. The van der Waals surface area contributed by atoms with Crippen LogP contribution < -0.4 is 9.47 Å². The van der Waals surface area contributed by atoms with Crippen molar-refractivity contribution in [3.8, 4) is 23.0 Å². The van der Waals surface area contributed by atoms with E-state index < -0.39 is 18.2 Å². The van der Waals surface area contributed by atoms with Crippen LogP contribution in [0.4, 0.5) is 13.2 Å². The van der Waals surface area contributed by atoms with Crippen LogP contribution in [0.2, 0.25) is 0 Å². The summed E-state index contributed by atoms with van der Waals surface area (Å²) in [6.45, 7) is 3.15. The Bertz CT molecular complexity index is 1300. The van der Waals surface area contributed by atoms with E-state index >= 15 is 0 Å². The molecular weight excluding hydrogens is 483 g/mol. The summed E-state index contributed by atoms with van der Waals surface area (Å²) in [7, 11) is 0. The Hall–Kier alpha value is -3.65. The number of hydrogen-bond donors (Lipinski definition) is 2. The van der Waals surface area contributed by atoms with E-state index in [2.05, 4.69) is 0 Å². The molecule has 5 rings (SSSR count). The van der Waals surface area contributed by atoms with Gasteiger partial charge in [-0.25, -0.2) is 0 Å². The van der Waals surface area contributed by atoms with Gasteiger partial charge in [-0.2, -0.15) is 13.2 Å². The number of likely N-dealkylation sites (tertiary alicyclic amines) is 1. The molecule has 2 aliphatic heterocycles. The van der Waals surface area contributed by atoms with Gasteiger partial charge in [0, 0.05) is 24.2 Å². The van der Waals surface area contributed by atoms with Crippen molar-refractivity contribution < 1.29 is 32.9 Å². The van der Waals surface area contributed by atoms with Gasteiger partial charge in [0.15, 0.2) is 0 Å². The molecule has 8 heteroatoms. The number of halogens is 3. The number of allylic oxidation sites excluding steroid dienone is 1. The summed E-state index contributed by atoms with van der Waals surface area (Å²) >= 11 is 0. The maximum Gasteiger partial charge on any atom is 0.393 e. The van der Waals surface area contributed by atoms with Crippen LogP contribution in [0.5, 0.6) is 23.0 Å². The smallest absolute Gasteiger partial charge is 0.393 e. The molecule has 1 fully saturated rings. The number of phenolic OH excluding ortho intramolecular Hbond substituents is 2. The van der Waals surface area contributed by atoms with Crippen LogP contribution in [0.1, 0.15) is 36.1 Å². The average molecular weight is 512 g/mol. The van der Waals surface area contributed by atoms with E-state index in [4.69, 9.17) is 9.47 Å². The summed E-state index contributed by atoms with van der Waals surface area (Å²) in [4.78, 5) is 1.78. The molecule has 2 aliphatic rings. The molecule has 0 aromatic heterocycles. The molecule has 2 atom stereocenters. The van der Waals surface area contributed by atoms with E-state index in [-0.39, 0.29) is 24.5 Å². The van der Waals surface area contributed by atoms with E-state index in [1.165, 1.54) is 0 Å². The van der Waals surface area contributed by atoms with Crippen molar-refractivity contribution in [3.05, 3.63) is 83.4 Å². The van der Waals surface area contributed by atoms with Gasteiger partial charge in [-0.1, -0.05) is 24.3 Å². The first kappa shape index (κ1) is 25.0. The number of phenols is 2. The Labute approximate surface area is 213 Å². The number of aromatic hydroxyl groups is 2. The van der Waals surface area contributed by atoms with Gasteiger partial charge < -0.3 is 19.7 Å². The molecule has 3 aromatic rings. The number of nitrogens with zero attached hydrogens (tertiary/aromatic N) is 1. The predicted molar refractivity (Wildman–Crippen MR) is 135 cm³/mol. The highest BCUT2D eigenvalue weighted by molar-refractivity contribution is 5.95. The average Bonchev–Trinajstić information content (AvgIpc) is 3.34. The lowest BCUT2D eigenvalue weighted by atomic mass is 9.86. The predicted octanol–water partition coefficient (Wildman–Crippen LogP) is 6.43. The summed E-state index contributed by atoms with van der Waals surface area (Å²) in [5, 5.41) is 20.1. The molecule has 37 heavy (non-hydrogen) atoms. The zero-order valence-corrected chi connectivity index (χ0v) is 20.3. The van der Waals surface area contributed by atoms with Crippen LogP contribution in [0.3, 0.4) is 0 Å². The first-order chi connectivity index (χ1) is 17.7. The first-order valence-electron chi connectivity index (χ1n) is 12.2. The third kappa shape index (κ3) is 5.39. The van der Waals surface area contributed by atoms with Crippen molar-refractivity contribution in [3.63, 3.8) is 0 Å². The Balaban J connectivity index is 1.33. The molecule has 2 heterocycles. The second-order valence-electron chi connectivity index (χ2n) is 9.51. The molecule has 3 aromatic carbocycles. The summed E-state index contributed by atoms with van der Waals surface area (Å²) in [5.41, 5.74) is 4.26. The van der Waals surface area contributed by atoms with Crippen LogP contribution in [0.15, 0.2) is 66.7 Å². The van der Waals surface area contributed by atoms with Gasteiger partial charge >= 0.3 is 6.18 Å². The Kier molecular flexibility index (Phi) is 6.77. The molecule has 0 radical (unpaired) electrons. The fourth-order valence-corrected chi connectivity index (χ4v) is 5.05. The largest absolute Gasteiger partial charge is 0.508 e. The molecule has 2 N–H and O–H groups in total. The standard InChI is InChI=1S/C29H28F3NO4/c1-18-25-16-23(35)7-10-26(25)37-28(27(18)20-3-2-4-22(34)15-20)19-5-8-24(9-6-19)36-14-13-33-12-11-21(17-33)29(30,31)32/h2-10,15-16,21,28,34-35H,11-14,17H2,1H3. The monoisotopic (exact) mass is 511 g/mol. The topological polar surface area (TPSA) is 62.2 Å². The zero-order chi connectivity index (χ0) is 26.2. The van der Waals surface area contributed by atoms with Gasteiger partial charge in [0.05, 0.1) is 5.92 Å². The van der Waals surface area contributed by atoms with E-state index in [1.54, 1.807) is 41.3 Å². The summed E-state index contributed by atoms with van der Waals surface area (Å²) in [6, 6.07) is 19.4. The maximum atomic E-state index is 12.9. The first-order valence-corrected chi connectivity index (χ1v) is 12.2. The third-order valence-electron chi connectivity index (χ3n) is 7.03. The molecule has 194 valence electrons. The summed E-state index contributed by atoms with van der Waals surface area (Å²) in [5.74, 6) is 0.290. The minimum absolute atomic E-state index is 0.0214. The molecule has 0 amide bonds. The second kappa shape index (κ2) is 10.0. The van der Waals surface area contributed by atoms with E-state index in [9.17, 15) is 23.4 Å². The number of alkyl halides is 3. The minimum Gasteiger partial charge on any atom is -0.508 e. The number of benzene rings is 3. The van der Waals surface area contributed by atoms with Gasteiger partial charge in [0.25, 0.3) is 0 Å². The Morgan fingerprint density at radius 3 is 2.46 bits per heavy atom. The van der Waals surface area contributed by atoms with E-state index in [0.717, 1.165) is 27.8 Å².